The van der Waals surface area contributed by atoms with Gasteiger partial charge in [-0.05, 0) is 35.2 Å². The van der Waals surface area contributed by atoms with Gasteiger partial charge in [0.25, 0.3) is 0 Å². The second kappa shape index (κ2) is 8.34. The Morgan fingerprint density at radius 2 is 1.59 bits per heavy atom. The molecule has 0 aliphatic carbocycles. The number of nitrogens with zero attached hydrogens (tertiary/aromatic N) is 2. The van der Waals surface area contributed by atoms with Gasteiger partial charge in [-0.25, -0.2) is 0 Å². The number of carbonyl (C=O) groups is 2. The van der Waals surface area contributed by atoms with Gasteiger partial charge in [0, 0.05) is 53.7 Å². The number of aromatic amines is 1. The van der Waals surface area contributed by atoms with Crippen LogP contribution in [0.25, 0.3) is 21.8 Å². The molecule has 1 aliphatic rings. The number of amides is 2. The lowest BCUT2D eigenvalue weighted by Crippen LogP contribution is -2.32. The van der Waals surface area contributed by atoms with E-state index < -0.39 is 5.92 Å². The Hall–Kier alpha value is -4.12. The van der Waals surface area contributed by atoms with Crippen molar-refractivity contribution in [3.8, 4) is 0 Å². The third-order valence-corrected chi connectivity index (χ3v) is 6.91. The number of carbonyl (C=O) groups excluding carboxylic acids is 2. The van der Waals surface area contributed by atoms with Crippen molar-refractivity contribution in [3.05, 3.63) is 108 Å². The van der Waals surface area contributed by atoms with Crippen molar-refractivity contribution in [2.24, 2.45) is 0 Å². The first-order valence-corrected chi connectivity index (χ1v) is 11.7. The summed E-state index contributed by atoms with van der Waals surface area (Å²) in [4.78, 5) is 31.1. The van der Waals surface area contributed by atoms with Crippen molar-refractivity contribution in [1.29, 1.82) is 0 Å². The predicted molar refractivity (Wildman–Crippen MR) is 134 cm³/mol. The van der Waals surface area contributed by atoms with Gasteiger partial charge in [-0.15, -0.1) is 0 Å². The molecule has 2 amide bonds. The highest BCUT2D eigenvalue weighted by atomic mass is 16.2. The topological polar surface area (TPSA) is 58.1 Å². The zero-order valence-corrected chi connectivity index (χ0v) is 18.8. The highest BCUT2D eigenvalue weighted by molar-refractivity contribution is 6.08. The molecule has 5 aromatic rings. The summed E-state index contributed by atoms with van der Waals surface area (Å²) < 4.78 is 2.19. The number of H-pyrrole nitrogens is 1. The van der Waals surface area contributed by atoms with Crippen LogP contribution < -0.4 is 0 Å². The first-order chi connectivity index (χ1) is 16.7. The lowest BCUT2D eigenvalue weighted by Gasteiger charge is -2.14. The lowest BCUT2D eigenvalue weighted by molar-refractivity contribution is -0.138. The second-order valence-electron chi connectivity index (χ2n) is 8.96. The fourth-order valence-corrected chi connectivity index (χ4v) is 5.20. The Morgan fingerprint density at radius 3 is 2.44 bits per heavy atom. The molecule has 6 rings (SSSR count). The minimum atomic E-state index is -0.433. The summed E-state index contributed by atoms with van der Waals surface area (Å²) in [7, 11) is 0. The minimum absolute atomic E-state index is 0.0882. The molecule has 5 nitrogen and oxygen atoms in total. The standard InChI is InChI=1S/C29H25N3O2/c33-28-16-24(29(34)32(28)15-14-21-17-30-26-12-6-4-10-22(21)26)25-19-31(18-20-8-2-1-3-9-20)27-13-7-5-11-23(25)27/h1-13,17,19,24,30H,14-16,18H2/t24-/m1/s1. The smallest absolute Gasteiger partial charge is 0.237 e. The number of hydrogen-bond acceptors (Lipinski definition) is 2. The van der Waals surface area contributed by atoms with Gasteiger partial charge in [-0.2, -0.15) is 0 Å². The summed E-state index contributed by atoms with van der Waals surface area (Å²) in [5, 5.41) is 2.19. The molecule has 0 saturated carbocycles. The SMILES string of the molecule is O=C1C[C@H](c2cn(Cc3ccccc3)c3ccccc23)C(=O)N1CCc1c[nH]c2ccccc12. The summed E-state index contributed by atoms with van der Waals surface area (Å²) in [6.07, 6.45) is 4.91. The number of benzene rings is 3. The molecule has 0 bridgehead atoms. The minimum Gasteiger partial charge on any atom is -0.361 e. The number of rotatable bonds is 6. The fourth-order valence-electron chi connectivity index (χ4n) is 5.20. The number of likely N-dealkylation sites (tertiary alicyclic amines) is 1. The van der Waals surface area contributed by atoms with Crippen molar-refractivity contribution in [3.63, 3.8) is 0 Å². The number of imide groups is 1. The van der Waals surface area contributed by atoms with Crippen LogP contribution in [0.1, 0.15) is 29.0 Å². The summed E-state index contributed by atoms with van der Waals surface area (Å²) in [6, 6.07) is 26.5. The van der Waals surface area contributed by atoms with Crippen LogP contribution in [0, 0.1) is 0 Å². The molecule has 1 fully saturated rings. The summed E-state index contributed by atoms with van der Waals surface area (Å²) in [6.45, 7) is 1.12. The number of para-hydroxylation sites is 2. The van der Waals surface area contributed by atoms with Gasteiger partial charge < -0.3 is 9.55 Å². The molecule has 34 heavy (non-hydrogen) atoms. The van der Waals surface area contributed by atoms with Gasteiger partial charge in [0.05, 0.1) is 5.92 Å². The van der Waals surface area contributed by atoms with Crippen LogP contribution in [0.15, 0.2) is 91.3 Å². The Kier molecular flexibility index (Phi) is 5.02. The van der Waals surface area contributed by atoms with Gasteiger partial charge >= 0.3 is 0 Å². The van der Waals surface area contributed by atoms with E-state index in [0.29, 0.717) is 13.0 Å². The molecule has 3 heterocycles. The zero-order chi connectivity index (χ0) is 23.1. The third kappa shape index (κ3) is 3.50. The monoisotopic (exact) mass is 447 g/mol. The lowest BCUT2D eigenvalue weighted by atomic mass is 9.97. The molecule has 0 radical (unpaired) electrons. The highest BCUT2D eigenvalue weighted by Gasteiger charge is 2.40. The number of hydrogen-bond donors (Lipinski definition) is 1. The van der Waals surface area contributed by atoms with E-state index in [2.05, 4.69) is 46.1 Å². The predicted octanol–water partition coefficient (Wildman–Crippen LogP) is 5.26. The van der Waals surface area contributed by atoms with Gasteiger partial charge in [0.2, 0.25) is 11.8 Å². The molecule has 1 atom stereocenters. The molecule has 3 aromatic carbocycles. The largest absolute Gasteiger partial charge is 0.361 e. The summed E-state index contributed by atoms with van der Waals surface area (Å²) in [5.41, 5.74) is 5.42. The highest BCUT2D eigenvalue weighted by Crippen LogP contribution is 2.36. The van der Waals surface area contributed by atoms with Crippen LogP contribution in [-0.2, 0) is 22.6 Å². The van der Waals surface area contributed by atoms with E-state index in [1.165, 1.54) is 10.5 Å². The number of nitrogens with one attached hydrogen (secondary N) is 1. The molecule has 168 valence electrons. The molecule has 0 unspecified atom stereocenters. The van der Waals surface area contributed by atoms with Crippen LogP contribution in [-0.4, -0.2) is 32.8 Å². The van der Waals surface area contributed by atoms with Crippen molar-refractivity contribution < 1.29 is 9.59 Å². The quantitative estimate of drug-likeness (QED) is 0.361. The van der Waals surface area contributed by atoms with Crippen LogP contribution in [0.4, 0.5) is 0 Å². The molecule has 1 N–H and O–H groups in total. The number of fused-ring (bicyclic) bond motifs is 2. The summed E-state index contributed by atoms with van der Waals surface area (Å²) in [5.74, 6) is -0.612. The summed E-state index contributed by atoms with van der Waals surface area (Å²) >= 11 is 0. The van der Waals surface area contributed by atoms with E-state index in [1.54, 1.807) is 0 Å². The van der Waals surface area contributed by atoms with Crippen molar-refractivity contribution >= 4 is 33.6 Å². The first kappa shape index (κ1) is 20.5. The molecular formula is C29H25N3O2. The van der Waals surface area contributed by atoms with Crippen LogP contribution in [0.2, 0.25) is 0 Å². The van der Waals surface area contributed by atoms with Gasteiger partial charge in [-0.3, -0.25) is 14.5 Å². The normalized spacial score (nSPS) is 16.2. The Morgan fingerprint density at radius 1 is 0.853 bits per heavy atom. The number of aromatic nitrogens is 2. The van der Waals surface area contributed by atoms with Crippen molar-refractivity contribution in [2.75, 3.05) is 6.54 Å². The van der Waals surface area contributed by atoms with E-state index in [9.17, 15) is 9.59 Å². The van der Waals surface area contributed by atoms with Gasteiger partial charge in [-0.1, -0.05) is 66.7 Å². The van der Waals surface area contributed by atoms with Crippen molar-refractivity contribution in [2.45, 2.75) is 25.3 Å². The third-order valence-electron chi connectivity index (χ3n) is 6.91. The molecular weight excluding hydrogens is 422 g/mol. The van der Waals surface area contributed by atoms with Gasteiger partial charge in [0.15, 0.2) is 0 Å². The molecule has 5 heteroatoms. The second-order valence-corrected chi connectivity index (χ2v) is 8.96. The van der Waals surface area contributed by atoms with Crippen molar-refractivity contribution in [1.82, 2.24) is 14.5 Å². The maximum atomic E-state index is 13.4. The zero-order valence-electron chi connectivity index (χ0n) is 18.8. The van der Waals surface area contributed by atoms with E-state index in [4.69, 9.17) is 0 Å². The Bertz CT molecular complexity index is 1510. The van der Waals surface area contributed by atoms with Gasteiger partial charge in [0.1, 0.15) is 0 Å². The van der Waals surface area contributed by atoms with Crippen LogP contribution in [0.3, 0.4) is 0 Å². The maximum Gasteiger partial charge on any atom is 0.237 e. The average molecular weight is 448 g/mol. The first-order valence-electron chi connectivity index (χ1n) is 11.7. The van der Waals surface area contributed by atoms with Crippen LogP contribution >= 0.6 is 0 Å². The van der Waals surface area contributed by atoms with E-state index in [0.717, 1.165) is 39.5 Å². The fraction of sp³-hybridized carbons (Fsp3) is 0.172. The molecule has 1 saturated heterocycles. The molecule has 1 aliphatic heterocycles. The van der Waals surface area contributed by atoms with E-state index in [1.807, 2.05) is 54.7 Å². The van der Waals surface area contributed by atoms with Crippen LogP contribution in [0.5, 0.6) is 0 Å². The molecule has 0 spiro atoms. The Labute approximate surface area is 197 Å². The Balaban J connectivity index is 1.27. The maximum absolute atomic E-state index is 13.4. The van der Waals surface area contributed by atoms with E-state index in [-0.39, 0.29) is 18.2 Å². The molecule has 2 aromatic heterocycles. The van der Waals surface area contributed by atoms with E-state index >= 15 is 0 Å². The average Bonchev–Trinajstić information content (AvgIpc) is 3.53.